The van der Waals surface area contributed by atoms with Crippen LogP contribution in [0.5, 0.6) is 0 Å². The summed E-state index contributed by atoms with van der Waals surface area (Å²) >= 11 is 3.34. The SMILES string of the molecule is CN(C)c1cccc(C(=O)NCCC(=O)Nc2ccc(Br)cc2)c1. The fourth-order valence-electron chi connectivity index (χ4n) is 2.07. The standard InChI is InChI=1S/C18H20BrN3O2/c1-22(2)16-5-3-4-13(12-16)18(24)20-11-10-17(23)21-15-8-6-14(19)7-9-15/h3-9,12H,10-11H2,1-2H3,(H,20,24)(H,21,23). The van der Waals surface area contributed by atoms with Crippen molar-refractivity contribution in [3.8, 4) is 0 Å². The van der Waals surface area contributed by atoms with E-state index in [9.17, 15) is 9.59 Å². The molecule has 24 heavy (non-hydrogen) atoms. The quantitative estimate of drug-likeness (QED) is 0.796. The Hall–Kier alpha value is -2.34. The van der Waals surface area contributed by atoms with E-state index in [2.05, 4.69) is 26.6 Å². The Morgan fingerprint density at radius 3 is 2.46 bits per heavy atom. The molecule has 2 N–H and O–H groups in total. The first-order valence-corrected chi connectivity index (χ1v) is 8.36. The van der Waals surface area contributed by atoms with Crippen molar-refractivity contribution in [1.29, 1.82) is 0 Å². The second-order valence-corrected chi connectivity index (χ2v) is 6.42. The number of amides is 2. The van der Waals surface area contributed by atoms with Crippen molar-refractivity contribution in [2.45, 2.75) is 6.42 Å². The normalized spacial score (nSPS) is 10.1. The van der Waals surface area contributed by atoms with Crippen LogP contribution in [-0.2, 0) is 4.79 Å². The van der Waals surface area contributed by atoms with Gasteiger partial charge in [-0.15, -0.1) is 0 Å². The van der Waals surface area contributed by atoms with Crippen LogP contribution in [0.1, 0.15) is 16.8 Å². The highest BCUT2D eigenvalue weighted by molar-refractivity contribution is 9.10. The number of carbonyl (C=O) groups excluding carboxylic acids is 2. The Balaban J connectivity index is 1.80. The van der Waals surface area contributed by atoms with E-state index in [4.69, 9.17) is 0 Å². The van der Waals surface area contributed by atoms with Gasteiger partial charge in [0, 0.05) is 48.5 Å². The lowest BCUT2D eigenvalue weighted by Crippen LogP contribution is -2.27. The van der Waals surface area contributed by atoms with E-state index in [1.165, 1.54) is 0 Å². The third-order valence-corrected chi connectivity index (χ3v) is 3.92. The fourth-order valence-corrected chi connectivity index (χ4v) is 2.34. The van der Waals surface area contributed by atoms with Crippen molar-refractivity contribution in [1.82, 2.24) is 5.32 Å². The van der Waals surface area contributed by atoms with Gasteiger partial charge in [-0.2, -0.15) is 0 Å². The molecule has 2 amide bonds. The molecule has 2 aromatic carbocycles. The first-order valence-electron chi connectivity index (χ1n) is 7.57. The molecule has 0 bridgehead atoms. The lowest BCUT2D eigenvalue weighted by molar-refractivity contribution is -0.116. The summed E-state index contributed by atoms with van der Waals surface area (Å²) in [5, 5.41) is 5.55. The van der Waals surface area contributed by atoms with Gasteiger partial charge in [0.15, 0.2) is 0 Å². The molecule has 2 aromatic rings. The molecule has 0 radical (unpaired) electrons. The minimum atomic E-state index is -0.185. The van der Waals surface area contributed by atoms with Crippen molar-refractivity contribution in [2.24, 2.45) is 0 Å². The molecule has 0 unspecified atom stereocenters. The van der Waals surface area contributed by atoms with Crippen LogP contribution in [0.15, 0.2) is 53.0 Å². The molecule has 126 valence electrons. The first kappa shape index (κ1) is 18.0. The molecular formula is C18H20BrN3O2. The van der Waals surface area contributed by atoms with E-state index in [1.807, 2.05) is 61.5 Å². The topological polar surface area (TPSA) is 61.4 Å². The van der Waals surface area contributed by atoms with E-state index >= 15 is 0 Å². The van der Waals surface area contributed by atoms with Crippen LogP contribution in [0.25, 0.3) is 0 Å². The predicted molar refractivity (Wildman–Crippen MR) is 100 cm³/mol. The summed E-state index contributed by atoms with van der Waals surface area (Å²) in [5.41, 5.74) is 2.26. The highest BCUT2D eigenvalue weighted by Gasteiger charge is 2.08. The van der Waals surface area contributed by atoms with E-state index in [1.54, 1.807) is 6.07 Å². The van der Waals surface area contributed by atoms with Crippen molar-refractivity contribution in [2.75, 3.05) is 30.9 Å². The van der Waals surface area contributed by atoms with E-state index in [-0.39, 0.29) is 24.8 Å². The summed E-state index contributed by atoms with van der Waals surface area (Å²) < 4.78 is 0.952. The second-order valence-electron chi connectivity index (χ2n) is 5.51. The Bertz CT molecular complexity index is 714. The Morgan fingerprint density at radius 2 is 1.79 bits per heavy atom. The minimum Gasteiger partial charge on any atom is -0.378 e. The second kappa shape index (κ2) is 8.49. The van der Waals surface area contributed by atoms with Gasteiger partial charge in [0.1, 0.15) is 0 Å². The van der Waals surface area contributed by atoms with Crippen molar-refractivity contribution >= 4 is 39.1 Å². The largest absolute Gasteiger partial charge is 0.378 e. The average molecular weight is 390 g/mol. The van der Waals surface area contributed by atoms with Crippen LogP contribution in [0, 0.1) is 0 Å². The molecule has 0 heterocycles. The summed E-state index contributed by atoms with van der Waals surface area (Å²) in [4.78, 5) is 25.9. The van der Waals surface area contributed by atoms with Gasteiger partial charge in [-0.05, 0) is 42.5 Å². The molecule has 0 fully saturated rings. The van der Waals surface area contributed by atoms with Gasteiger partial charge < -0.3 is 15.5 Å². The molecular weight excluding hydrogens is 370 g/mol. The summed E-state index contributed by atoms with van der Waals surface area (Å²) in [6.07, 6.45) is 0.217. The van der Waals surface area contributed by atoms with E-state index < -0.39 is 0 Å². The van der Waals surface area contributed by atoms with Crippen molar-refractivity contribution in [3.63, 3.8) is 0 Å². The highest BCUT2D eigenvalue weighted by atomic mass is 79.9. The molecule has 0 saturated heterocycles. The zero-order chi connectivity index (χ0) is 17.5. The van der Waals surface area contributed by atoms with Gasteiger partial charge in [-0.3, -0.25) is 9.59 Å². The van der Waals surface area contributed by atoms with Gasteiger partial charge in [-0.1, -0.05) is 22.0 Å². The van der Waals surface area contributed by atoms with Gasteiger partial charge in [-0.25, -0.2) is 0 Å². The van der Waals surface area contributed by atoms with Gasteiger partial charge in [0.05, 0.1) is 0 Å². The summed E-state index contributed by atoms with van der Waals surface area (Å²) in [6, 6.07) is 14.7. The number of anilines is 2. The highest BCUT2D eigenvalue weighted by Crippen LogP contribution is 2.14. The van der Waals surface area contributed by atoms with E-state index in [0.29, 0.717) is 5.56 Å². The zero-order valence-electron chi connectivity index (χ0n) is 13.7. The molecule has 0 aliphatic rings. The van der Waals surface area contributed by atoms with Gasteiger partial charge >= 0.3 is 0 Å². The molecule has 2 rings (SSSR count). The number of carbonyl (C=O) groups is 2. The summed E-state index contributed by atoms with van der Waals surface area (Å²) in [6.45, 7) is 0.285. The number of hydrogen-bond acceptors (Lipinski definition) is 3. The van der Waals surface area contributed by atoms with Gasteiger partial charge in [0.25, 0.3) is 5.91 Å². The van der Waals surface area contributed by atoms with Crippen LogP contribution in [0.4, 0.5) is 11.4 Å². The maximum Gasteiger partial charge on any atom is 0.251 e. The number of rotatable bonds is 6. The zero-order valence-corrected chi connectivity index (χ0v) is 15.3. The van der Waals surface area contributed by atoms with Crippen molar-refractivity contribution < 1.29 is 9.59 Å². The lowest BCUT2D eigenvalue weighted by atomic mass is 10.2. The third kappa shape index (κ3) is 5.38. The number of nitrogens with zero attached hydrogens (tertiary/aromatic N) is 1. The molecule has 0 aliphatic heterocycles. The van der Waals surface area contributed by atoms with Crippen LogP contribution in [-0.4, -0.2) is 32.5 Å². The Kier molecular flexibility index (Phi) is 6.37. The molecule has 0 atom stereocenters. The number of halogens is 1. The molecule has 0 saturated carbocycles. The van der Waals surface area contributed by atoms with Crippen LogP contribution < -0.4 is 15.5 Å². The van der Waals surface area contributed by atoms with Gasteiger partial charge in [0.2, 0.25) is 5.91 Å². The minimum absolute atomic E-state index is 0.139. The van der Waals surface area contributed by atoms with E-state index in [0.717, 1.165) is 15.8 Å². The number of benzene rings is 2. The first-order chi connectivity index (χ1) is 11.5. The number of nitrogens with one attached hydrogen (secondary N) is 2. The summed E-state index contributed by atoms with van der Waals surface area (Å²) in [7, 11) is 3.84. The van der Waals surface area contributed by atoms with Crippen LogP contribution >= 0.6 is 15.9 Å². The van der Waals surface area contributed by atoms with Crippen LogP contribution in [0.2, 0.25) is 0 Å². The average Bonchev–Trinajstić information content (AvgIpc) is 2.57. The van der Waals surface area contributed by atoms with Crippen LogP contribution in [0.3, 0.4) is 0 Å². The molecule has 0 aliphatic carbocycles. The summed E-state index contributed by atoms with van der Waals surface area (Å²) in [5.74, 6) is -0.324. The molecule has 0 spiro atoms. The van der Waals surface area contributed by atoms with Crippen molar-refractivity contribution in [3.05, 3.63) is 58.6 Å². The Morgan fingerprint density at radius 1 is 1.08 bits per heavy atom. The molecule has 5 nitrogen and oxygen atoms in total. The predicted octanol–water partition coefficient (Wildman–Crippen LogP) is 3.27. The lowest BCUT2D eigenvalue weighted by Gasteiger charge is -2.13. The molecule has 0 aromatic heterocycles. The maximum absolute atomic E-state index is 12.1. The smallest absolute Gasteiger partial charge is 0.251 e. The number of hydrogen-bond donors (Lipinski definition) is 2. The Labute approximate surface area is 150 Å². The monoisotopic (exact) mass is 389 g/mol. The maximum atomic E-state index is 12.1. The third-order valence-electron chi connectivity index (χ3n) is 3.39. The fraction of sp³-hybridized carbons (Fsp3) is 0.222. The molecule has 6 heteroatoms.